The maximum atomic E-state index is 12.6. The first-order valence-corrected chi connectivity index (χ1v) is 7.95. The van der Waals surface area contributed by atoms with Gasteiger partial charge in [-0.1, -0.05) is 31.4 Å². The predicted molar refractivity (Wildman–Crippen MR) is 89.9 cm³/mol. The van der Waals surface area contributed by atoms with E-state index >= 15 is 0 Å². The van der Waals surface area contributed by atoms with Gasteiger partial charge in [-0.15, -0.1) is 0 Å². The number of hydrogen-bond acceptors (Lipinski definition) is 3. The number of rotatable bonds is 2. The fourth-order valence-corrected chi connectivity index (χ4v) is 3.35. The molecule has 0 radical (unpaired) electrons. The van der Waals surface area contributed by atoms with Crippen LogP contribution in [0.4, 0.5) is 0 Å². The zero-order chi connectivity index (χ0) is 15.7. The van der Waals surface area contributed by atoms with Crippen molar-refractivity contribution in [1.29, 1.82) is 0 Å². The molecule has 0 spiro atoms. The second kappa shape index (κ2) is 5.95. The molecule has 0 atom stereocenters. The molecule has 1 aromatic carbocycles. The number of fused-ring (bicyclic) bond motifs is 1. The fraction of sp³-hybridized carbons (Fsp3) is 0.444. The largest absolute Gasteiger partial charge is 0.506 e. The first-order valence-electron chi connectivity index (χ1n) is 7.95. The van der Waals surface area contributed by atoms with Crippen LogP contribution in [0.2, 0.25) is 0 Å². The van der Waals surface area contributed by atoms with Gasteiger partial charge >= 0.3 is 0 Å². The van der Waals surface area contributed by atoms with E-state index < -0.39 is 0 Å². The van der Waals surface area contributed by atoms with Crippen LogP contribution in [0.3, 0.4) is 0 Å². The standard InChI is InChI=1S/C18H22N2O2/c1-12(19-13-8-4-3-5-9-13)16-17(21)14-10-6-7-11-15(14)20(2)18(16)22/h6-7,10-11,13,21H,3-5,8-9H2,1-2H3. The summed E-state index contributed by atoms with van der Waals surface area (Å²) in [4.78, 5) is 17.3. The quantitative estimate of drug-likeness (QED) is 0.864. The summed E-state index contributed by atoms with van der Waals surface area (Å²) in [5.74, 6) is 0.0516. The van der Waals surface area contributed by atoms with Crippen LogP contribution in [0.1, 0.15) is 44.6 Å². The Hall–Kier alpha value is -2.10. The van der Waals surface area contributed by atoms with Crippen LogP contribution < -0.4 is 5.56 Å². The average molecular weight is 298 g/mol. The Balaban J connectivity index is 2.14. The van der Waals surface area contributed by atoms with E-state index in [1.54, 1.807) is 11.6 Å². The Bertz CT molecular complexity index is 784. The lowest BCUT2D eigenvalue weighted by Gasteiger charge is -2.19. The summed E-state index contributed by atoms with van der Waals surface area (Å²) in [6.07, 6.45) is 5.82. The van der Waals surface area contributed by atoms with E-state index in [4.69, 9.17) is 4.99 Å². The van der Waals surface area contributed by atoms with Crippen molar-refractivity contribution >= 4 is 16.6 Å². The van der Waals surface area contributed by atoms with Gasteiger partial charge in [0.2, 0.25) is 0 Å². The van der Waals surface area contributed by atoms with Crippen LogP contribution in [0.25, 0.3) is 10.9 Å². The predicted octanol–water partition coefficient (Wildman–Crippen LogP) is 3.39. The van der Waals surface area contributed by atoms with Crippen molar-refractivity contribution < 1.29 is 5.11 Å². The summed E-state index contributed by atoms with van der Waals surface area (Å²) >= 11 is 0. The van der Waals surface area contributed by atoms with E-state index in [1.165, 1.54) is 19.3 Å². The lowest BCUT2D eigenvalue weighted by atomic mass is 9.95. The monoisotopic (exact) mass is 298 g/mol. The van der Waals surface area contributed by atoms with Crippen LogP contribution in [0.5, 0.6) is 5.75 Å². The molecule has 1 aromatic heterocycles. The number of aliphatic imine (C=N–C) groups is 1. The minimum Gasteiger partial charge on any atom is -0.506 e. The molecule has 1 heterocycles. The van der Waals surface area contributed by atoms with Gasteiger partial charge in [0.05, 0.1) is 11.6 Å². The molecule has 2 aromatic rings. The minimum absolute atomic E-state index is 0.0516. The van der Waals surface area contributed by atoms with E-state index in [9.17, 15) is 9.90 Å². The average Bonchev–Trinajstić information content (AvgIpc) is 2.54. The molecule has 1 fully saturated rings. The molecule has 1 aliphatic rings. The lowest BCUT2D eigenvalue weighted by Crippen LogP contribution is -2.25. The Morgan fingerprint density at radius 2 is 1.91 bits per heavy atom. The Morgan fingerprint density at radius 3 is 2.64 bits per heavy atom. The van der Waals surface area contributed by atoms with E-state index in [1.807, 2.05) is 31.2 Å². The van der Waals surface area contributed by atoms with Crippen LogP contribution >= 0.6 is 0 Å². The number of aromatic nitrogens is 1. The van der Waals surface area contributed by atoms with Crippen LogP contribution in [0.15, 0.2) is 34.1 Å². The molecule has 0 unspecified atom stereocenters. The van der Waals surface area contributed by atoms with Gasteiger partial charge in [0.15, 0.2) is 0 Å². The zero-order valence-corrected chi connectivity index (χ0v) is 13.2. The summed E-state index contributed by atoms with van der Waals surface area (Å²) in [6.45, 7) is 1.83. The third-order valence-corrected chi connectivity index (χ3v) is 4.59. The van der Waals surface area contributed by atoms with Gasteiger partial charge in [-0.2, -0.15) is 0 Å². The van der Waals surface area contributed by atoms with Crippen molar-refractivity contribution in [3.05, 3.63) is 40.2 Å². The number of aryl methyl sites for hydroxylation is 1. The molecule has 3 rings (SSSR count). The summed E-state index contributed by atoms with van der Waals surface area (Å²) in [5.41, 5.74) is 1.54. The van der Waals surface area contributed by atoms with E-state index in [-0.39, 0.29) is 17.4 Å². The SMILES string of the molecule is CC(=NC1CCCCC1)c1c(O)c2ccccc2n(C)c1=O. The molecule has 0 bridgehead atoms. The number of benzene rings is 1. The summed E-state index contributed by atoms with van der Waals surface area (Å²) in [5, 5.41) is 11.3. The highest BCUT2D eigenvalue weighted by Crippen LogP contribution is 2.27. The summed E-state index contributed by atoms with van der Waals surface area (Å²) in [6, 6.07) is 7.69. The van der Waals surface area contributed by atoms with Crippen molar-refractivity contribution in [3.63, 3.8) is 0 Å². The molecule has 1 N–H and O–H groups in total. The molecule has 1 aliphatic carbocycles. The molecule has 0 aliphatic heterocycles. The van der Waals surface area contributed by atoms with Crippen LogP contribution in [0, 0.1) is 0 Å². The van der Waals surface area contributed by atoms with Crippen LogP contribution in [-0.4, -0.2) is 21.4 Å². The Labute approximate surface area is 130 Å². The Kier molecular flexibility index (Phi) is 4.01. The highest BCUT2D eigenvalue weighted by molar-refractivity contribution is 6.05. The molecule has 0 saturated heterocycles. The van der Waals surface area contributed by atoms with Crippen molar-refractivity contribution in [2.45, 2.75) is 45.1 Å². The Morgan fingerprint density at radius 1 is 1.23 bits per heavy atom. The highest BCUT2D eigenvalue weighted by atomic mass is 16.3. The molecular weight excluding hydrogens is 276 g/mol. The fourth-order valence-electron chi connectivity index (χ4n) is 3.35. The van der Waals surface area contributed by atoms with Gasteiger partial charge in [-0.3, -0.25) is 9.79 Å². The number of pyridine rings is 1. The third-order valence-electron chi connectivity index (χ3n) is 4.59. The van der Waals surface area contributed by atoms with Crippen LogP contribution in [-0.2, 0) is 7.05 Å². The maximum Gasteiger partial charge on any atom is 0.263 e. The number of aromatic hydroxyl groups is 1. The molecule has 1 saturated carbocycles. The molecule has 4 heteroatoms. The molecular formula is C18H22N2O2. The van der Waals surface area contributed by atoms with Gasteiger partial charge in [0.1, 0.15) is 11.3 Å². The highest BCUT2D eigenvalue weighted by Gasteiger charge is 2.19. The first-order chi connectivity index (χ1) is 10.6. The van der Waals surface area contributed by atoms with Crippen molar-refractivity contribution in [1.82, 2.24) is 4.57 Å². The first kappa shape index (κ1) is 14.8. The normalized spacial score (nSPS) is 17.1. The summed E-state index contributed by atoms with van der Waals surface area (Å²) < 4.78 is 1.59. The maximum absolute atomic E-state index is 12.6. The van der Waals surface area contributed by atoms with Gasteiger partial charge in [-0.05, 0) is 31.9 Å². The lowest BCUT2D eigenvalue weighted by molar-refractivity contribution is 0.443. The van der Waals surface area contributed by atoms with Crippen molar-refractivity contribution in [3.8, 4) is 5.75 Å². The number of para-hydroxylation sites is 1. The van der Waals surface area contributed by atoms with Gasteiger partial charge < -0.3 is 9.67 Å². The summed E-state index contributed by atoms with van der Waals surface area (Å²) in [7, 11) is 1.74. The molecule has 4 nitrogen and oxygen atoms in total. The zero-order valence-electron chi connectivity index (χ0n) is 13.2. The van der Waals surface area contributed by atoms with Crippen molar-refractivity contribution in [2.75, 3.05) is 0 Å². The van der Waals surface area contributed by atoms with Gasteiger partial charge in [-0.25, -0.2) is 0 Å². The number of nitrogens with zero attached hydrogens (tertiary/aromatic N) is 2. The van der Waals surface area contributed by atoms with Gasteiger partial charge in [0, 0.05) is 18.1 Å². The topological polar surface area (TPSA) is 54.6 Å². The minimum atomic E-state index is -0.187. The molecule has 0 amide bonds. The van der Waals surface area contributed by atoms with Gasteiger partial charge in [0.25, 0.3) is 5.56 Å². The number of hydrogen-bond donors (Lipinski definition) is 1. The smallest absolute Gasteiger partial charge is 0.263 e. The van der Waals surface area contributed by atoms with E-state index in [2.05, 4.69) is 0 Å². The van der Waals surface area contributed by atoms with Crippen molar-refractivity contribution in [2.24, 2.45) is 12.0 Å². The van der Waals surface area contributed by atoms with E-state index in [0.717, 1.165) is 18.4 Å². The second-order valence-corrected chi connectivity index (χ2v) is 6.11. The van der Waals surface area contributed by atoms with E-state index in [0.29, 0.717) is 16.7 Å². The molecule has 22 heavy (non-hydrogen) atoms. The molecule has 116 valence electrons. The second-order valence-electron chi connectivity index (χ2n) is 6.11. The third kappa shape index (κ3) is 2.54.